The van der Waals surface area contributed by atoms with Gasteiger partial charge in [-0.15, -0.1) is 5.10 Å². The Morgan fingerprint density at radius 1 is 1.18 bits per heavy atom. The Morgan fingerprint density at radius 2 is 2.14 bits per heavy atom. The van der Waals surface area contributed by atoms with Crippen molar-refractivity contribution in [1.29, 1.82) is 0 Å². The highest BCUT2D eigenvalue weighted by atomic mass is 127. The summed E-state index contributed by atoms with van der Waals surface area (Å²) in [5, 5.41) is 4.98. The summed E-state index contributed by atoms with van der Waals surface area (Å²) in [5.41, 5.74) is 1.83. The Kier molecular flexibility index (Phi) is 3.51. The summed E-state index contributed by atoms with van der Waals surface area (Å²) in [6.07, 6.45) is 5.41. The number of hydrogen-bond acceptors (Lipinski definition) is 5. The van der Waals surface area contributed by atoms with Gasteiger partial charge in [0.2, 0.25) is 4.96 Å². The van der Waals surface area contributed by atoms with Gasteiger partial charge in [0.05, 0.1) is 11.9 Å². The molecule has 7 heteroatoms. The first-order valence-electron chi connectivity index (χ1n) is 6.48. The molecule has 3 heterocycles. The molecule has 108 valence electrons. The van der Waals surface area contributed by atoms with Gasteiger partial charge in [-0.25, -0.2) is 9.50 Å². The van der Waals surface area contributed by atoms with Crippen molar-refractivity contribution in [2.45, 2.75) is 0 Å². The van der Waals surface area contributed by atoms with Crippen molar-refractivity contribution >= 4 is 38.9 Å². The fourth-order valence-electron chi connectivity index (χ4n) is 2.01. The van der Waals surface area contributed by atoms with Gasteiger partial charge in [-0.2, -0.15) is 0 Å². The molecule has 0 atom stereocenters. The van der Waals surface area contributed by atoms with Crippen LogP contribution in [-0.2, 0) is 0 Å². The minimum Gasteiger partial charge on any atom is -0.430 e. The van der Waals surface area contributed by atoms with Crippen LogP contribution in [0.2, 0.25) is 0 Å². The van der Waals surface area contributed by atoms with Gasteiger partial charge in [-0.1, -0.05) is 6.07 Å². The second kappa shape index (κ2) is 5.65. The lowest BCUT2D eigenvalue weighted by Gasteiger charge is -2.00. The maximum Gasteiger partial charge on any atom is 0.299 e. The normalized spacial score (nSPS) is 11.0. The van der Waals surface area contributed by atoms with Crippen LogP contribution in [0.25, 0.3) is 16.2 Å². The standard InChI is InChI=1S/C15H9IN4OS/c16-11-4-1-5-12(7-11)21-15-19-20-9-13(18-14(20)22-15)10-3-2-6-17-8-10/h1-9H. The lowest BCUT2D eigenvalue weighted by atomic mass is 10.2. The molecule has 0 amide bonds. The molecular formula is C15H9IN4OS. The Hall–Kier alpha value is -2.00. The van der Waals surface area contributed by atoms with E-state index in [1.807, 2.05) is 42.6 Å². The van der Waals surface area contributed by atoms with Gasteiger partial charge >= 0.3 is 0 Å². The third-order valence-electron chi connectivity index (χ3n) is 2.98. The summed E-state index contributed by atoms with van der Waals surface area (Å²) in [7, 11) is 0. The molecule has 4 aromatic rings. The molecule has 1 aromatic carbocycles. The maximum atomic E-state index is 5.78. The van der Waals surface area contributed by atoms with Crippen molar-refractivity contribution in [3.8, 4) is 22.2 Å². The monoisotopic (exact) mass is 420 g/mol. The number of pyridine rings is 1. The number of nitrogens with zero attached hydrogens (tertiary/aromatic N) is 4. The zero-order valence-corrected chi connectivity index (χ0v) is 14.2. The number of ether oxygens (including phenoxy) is 1. The molecule has 0 saturated carbocycles. The minimum atomic E-state index is 0.572. The molecule has 5 nitrogen and oxygen atoms in total. The van der Waals surface area contributed by atoms with Crippen LogP contribution in [-0.4, -0.2) is 19.6 Å². The highest BCUT2D eigenvalue weighted by molar-refractivity contribution is 14.1. The Bertz CT molecular complexity index is 904. The highest BCUT2D eigenvalue weighted by Crippen LogP contribution is 2.29. The zero-order valence-electron chi connectivity index (χ0n) is 11.2. The average molecular weight is 420 g/mol. The number of imidazole rings is 1. The number of halogens is 1. The van der Waals surface area contributed by atoms with E-state index in [2.05, 4.69) is 37.7 Å². The van der Waals surface area contributed by atoms with Crippen molar-refractivity contribution in [2.24, 2.45) is 0 Å². The van der Waals surface area contributed by atoms with E-state index < -0.39 is 0 Å². The van der Waals surface area contributed by atoms with Crippen molar-refractivity contribution in [1.82, 2.24) is 19.6 Å². The van der Waals surface area contributed by atoms with E-state index in [0.717, 1.165) is 25.5 Å². The van der Waals surface area contributed by atoms with Crippen LogP contribution < -0.4 is 4.74 Å². The molecule has 0 aliphatic rings. The van der Waals surface area contributed by atoms with Gasteiger partial charge in [0, 0.05) is 21.5 Å². The topological polar surface area (TPSA) is 52.3 Å². The molecular weight excluding hydrogens is 411 g/mol. The SMILES string of the molecule is Ic1cccc(Oc2nn3cc(-c4cccnc4)nc3s2)c1. The lowest BCUT2D eigenvalue weighted by molar-refractivity contribution is 0.470. The third kappa shape index (κ3) is 2.69. The maximum absolute atomic E-state index is 5.78. The van der Waals surface area contributed by atoms with E-state index in [1.54, 1.807) is 16.9 Å². The van der Waals surface area contributed by atoms with Crippen LogP contribution in [0.5, 0.6) is 10.9 Å². The van der Waals surface area contributed by atoms with Gasteiger partial charge in [-0.05, 0) is 64.3 Å². The summed E-state index contributed by atoms with van der Waals surface area (Å²) < 4.78 is 8.63. The van der Waals surface area contributed by atoms with Crippen LogP contribution in [0.1, 0.15) is 0 Å². The first kappa shape index (κ1) is 13.6. The van der Waals surface area contributed by atoms with Gasteiger partial charge in [0.15, 0.2) is 0 Å². The van der Waals surface area contributed by atoms with E-state index in [-0.39, 0.29) is 0 Å². The number of fused-ring (bicyclic) bond motifs is 1. The van der Waals surface area contributed by atoms with Gasteiger partial charge in [-0.3, -0.25) is 4.98 Å². The zero-order chi connectivity index (χ0) is 14.9. The quantitative estimate of drug-likeness (QED) is 0.465. The molecule has 0 spiro atoms. The highest BCUT2D eigenvalue weighted by Gasteiger charge is 2.11. The molecule has 22 heavy (non-hydrogen) atoms. The molecule has 0 aliphatic carbocycles. The second-order valence-electron chi connectivity index (χ2n) is 4.52. The molecule has 0 saturated heterocycles. The first-order chi connectivity index (χ1) is 10.8. The van der Waals surface area contributed by atoms with E-state index in [0.29, 0.717) is 5.19 Å². The average Bonchev–Trinajstić information content (AvgIpc) is 3.06. The van der Waals surface area contributed by atoms with E-state index in [4.69, 9.17) is 4.74 Å². The number of aromatic nitrogens is 4. The molecule has 0 aliphatic heterocycles. The predicted octanol–water partition coefficient (Wildman–Crippen LogP) is 4.25. The number of hydrogen-bond donors (Lipinski definition) is 0. The van der Waals surface area contributed by atoms with Gasteiger partial charge < -0.3 is 4.74 Å². The van der Waals surface area contributed by atoms with Gasteiger partial charge in [0.1, 0.15) is 5.75 Å². The van der Waals surface area contributed by atoms with Gasteiger partial charge in [0.25, 0.3) is 5.19 Å². The van der Waals surface area contributed by atoms with Crippen molar-refractivity contribution < 1.29 is 4.74 Å². The van der Waals surface area contributed by atoms with E-state index >= 15 is 0 Å². The fourth-order valence-corrected chi connectivity index (χ4v) is 3.28. The van der Waals surface area contributed by atoms with Crippen LogP contribution in [0.15, 0.2) is 55.0 Å². The molecule has 0 N–H and O–H groups in total. The van der Waals surface area contributed by atoms with Crippen LogP contribution in [0, 0.1) is 3.57 Å². The second-order valence-corrected chi connectivity index (χ2v) is 6.69. The molecule has 0 radical (unpaired) electrons. The molecule has 0 bridgehead atoms. The molecule has 0 unspecified atom stereocenters. The predicted molar refractivity (Wildman–Crippen MR) is 93.3 cm³/mol. The van der Waals surface area contributed by atoms with Crippen LogP contribution in [0.3, 0.4) is 0 Å². The first-order valence-corrected chi connectivity index (χ1v) is 8.37. The van der Waals surface area contributed by atoms with E-state index in [9.17, 15) is 0 Å². The van der Waals surface area contributed by atoms with Crippen LogP contribution >= 0.6 is 33.9 Å². The Balaban J connectivity index is 1.64. The lowest BCUT2D eigenvalue weighted by Crippen LogP contribution is -1.86. The molecule has 0 fully saturated rings. The summed E-state index contributed by atoms with van der Waals surface area (Å²) in [5.74, 6) is 0.774. The summed E-state index contributed by atoms with van der Waals surface area (Å²) >= 11 is 3.66. The van der Waals surface area contributed by atoms with Crippen LogP contribution in [0.4, 0.5) is 0 Å². The van der Waals surface area contributed by atoms with Crippen molar-refractivity contribution in [3.63, 3.8) is 0 Å². The fraction of sp³-hybridized carbons (Fsp3) is 0. The largest absolute Gasteiger partial charge is 0.430 e. The molecule has 3 aromatic heterocycles. The minimum absolute atomic E-state index is 0.572. The van der Waals surface area contributed by atoms with Crippen molar-refractivity contribution in [3.05, 3.63) is 58.6 Å². The van der Waals surface area contributed by atoms with E-state index in [1.165, 1.54) is 11.3 Å². The van der Waals surface area contributed by atoms with Crippen molar-refractivity contribution in [2.75, 3.05) is 0 Å². The summed E-state index contributed by atoms with van der Waals surface area (Å²) in [4.78, 5) is 9.46. The molecule has 4 rings (SSSR count). The summed E-state index contributed by atoms with van der Waals surface area (Å²) in [6, 6.07) is 11.7. The number of benzene rings is 1. The third-order valence-corrected chi connectivity index (χ3v) is 4.45. The number of rotatable bonds is 3. The Labute approximate surface area is 143 Å². The summed E-state index contributed by atoms with van der Waals surface area (Å²) in [6.45, 7) is 0. The smallest absolute Gasteiger partial charge is 0.299 e. The Morgan fingerprint density at radius 3 is 2.91 bits per heavy atom.